The summed E-state index contributed by atoms with van der Waals surface area (Å²) in [4.78, 5) is 15.9. The predicted molar refractivity (Wildman–Crippen MR) is 133 cm³/mol. The SMILES string of the molecule is c1ccc2[nH]c(Nc3ccc4c(c3)Cc3cc(Nc5nc6ccccc6[nH]5)ccc3-4)nc2c1. The van der Waals surface area contributed by atoms with E-state index in [-0.39, 0.29) is 0 Å². The van der Waals surface area contributed by atoms with E-state index >= 15 is 0 Å². The lowest BCUT2D eigenvalue weighted by Crippen LogP contribution is -1.93. The van der Waals surface area contributed by atoms with E-state index in [4.69, 9.17) is 0 Å². The van der Waals surface area contributed by atoms with Gasteiger partial charge in [0.05, 0.1) is 22.1 Å². The molecule has 0 spiro atoms. The summed E-state index contributed by atoms with van der Waals surface area (Å²) in [6.07, 6.45) is 0.899. The van der Waals surface area contributed by atoms with E-state index in [0.717, 1.165) is 51.8 Å². The van der Waals surface area contributed by atoms with Crippen LogP contribution in [0, 0.1) is 0 Å². The number of nitrogens with one attached hydrogen (secondary N) is 4. The Bertz CT molecular complexity index is 1470. The number of imidazole rings is 2. The first-order valence-corrected chi connectivity index (χ1v) is 11.0. The molecule has 33 heavy (non-hydrogen) atoms. The zero-order chi connectivity index (χ0) is 21.8. The summed E-state index contributed by atoms with van der Waals surface area (Å²) in [6.45, 7) is 0. The minimum atomic E-state index is 0.754. The summed E-state index contributed by atoms with van der Waals surface area (Å²) in [5.74, 6) is 1.51. The fraction of sp³-hybridized carbons (Fsp3) is 0.0370. The van der Waals surface area contributed by atoms with Gasteiger partial charge < -0.3 is 20.6 Å². The van der Waals surface area contributed by atoms with Crippen molar-refractivity contribution >= 4 is 45.3 Å². The van der Waals surface area contributed by atoms with Crippen LogP contribution in [0.1, 0.15) is 11.1 Å². The molecular weight excluding hydrogens is 408 g/mol. The Labute approximate surface area is 189 Å². The number of para-hydroxylation sites is 4. The van der Waals surface area contributed by atoms with Crippen LogP contribution in [0.25, 0.3) is 33.2 Å². The van der Waals surface area contributed by atoms with Crippen LogP contribution in [0.4, 0.5) is 23.3 Å². The summed E-state index contributed by atoms with van der Waals surface area (Å²) in [6, 6.07) is 29.1. The Balaban J connectivity index is 1.14. The van der Waals surface area contributed by atoms with Crippen LogP contribution in [-0.4, -0.2) is 19.9 Å². The maximum Gasteiger partial charge on any atom is 0.205 e. The first-order chi connectivity index (χ1) is 16.3. The summed E-state index contributed by atoms with van der Waals surface area (Å²) in [7, 11) is 0. The number of H-pyrrole nitrogens is 2. The van der Waals surface area contributed by atoms with E-state index in [1.807, 2.05) is 48.5 Å². The molecule has 6 nitrogen and oxygen atoms in total. The van der Waals surface area contributed by atoms with Gasteiger partial charge >= 0.3 is 0 Å². The molecule has 6 heteroatoms. The largest absolute Gasteiger partial charge is 0.326 e. The minimum absolute atomic E-state index is 0.754. The maximum absolute atomic E-state index is 4.62. The fourth-order valence-electron chi connectivity index (χ4n) is 4.66. The van der Waals surface area contributed by atoms with Crippen LogP contribution in [0.2, 0.25) is 0 Å². The van der Waals surface area contributed by atoms with Crippen molar-refractivity contribution in [1.82, 2.24) is 19.9 Å². The Hall–Kier alpha value is -4.58. The van der Waals surface area contributed by atoms with E-state index < -0.39 is 0 Å². The number of aromatic amines is 2. The van der Waals surface area contributed by atoms with Crippen LogP contribution in [0.15, 0.2) is 84.9 Å². The fourth-order valence-corrected chi connectivity index (χ4v) is 4.66. The maximum atomic E-state index is 4.62. The number of hydrogen-bond donors (Lipinski definition) is 4. The van der Waals surface area contributed by atoms with Gasteiger partial charge in [0.15, 0.2) is 0 Å². The third kappa shape index (κ3) is 3.11. The minimum Gasteiger partial charge on any atom is -0.326 e. The van der Waals surface area contributed by atoms with Gasteiger partial charge in [-0.2, -0.15) is 0 Å². The topological polar surface area (TPSA) is 81.4 Å². The highest BCUT2D eigenvalue weighted by Gasteiger charge is 2.19. The number of anilines is 4. The van der Waals surface area contributed by atoms with E-state index in [1.165, 1.54) is 22.3 Å². The van der Waals surface area contributed by atoms with E-state index in [2.05, 4.69) is 67.0 Å². The average Bonchev–Trinajstić information content (AvgIpc) is 3.52. The number of benzene rings is 4. The molecular formula is C27H20N6. The lowest BCUT2D eigenvalue weighted by atomic mass is 10.1. The Kier molecular flexibility index (Phi) is 3.81. The lowest BCUT2D eigenvalue weighted by molar-refractivity contribution is 1.25. The highest BCUT2D eigenvalue weighted by atomic mass is 15.1. The monoisotopic (exact) mass is 428 g/mol. The van der Waals surface area contributed by atoms with E-state index in [9.17, 15) is 0 Å². The second kappa shape index (κ2) is 6.97. The van der Waals surface area contributed by atoms with Crippen LogP contribution in [-0.2, 0) is 6.42 Å². The molecule has 4 aromatic carbocycles. The van der Waals surface area contributed by atoms with Crippen molar-refractivity contribution in [2.45, 2.75) is 6.42 Å². The Morgan fingerprint density at radius 3 is 1.55 bits per heavy atom. The number of fused-ring (bicyclic) bond motifs is 5. The summed E-state index contributed by atoms with van der Waals surface area (Å²) >= 11 is 0. The molecule has 1 aliphatic rings. The molecule has 0 unspecified atom stereocenters. The van der Waals surface area contributed by atoms with E-state index in [0.29, 0.717) is 0 Å². The first-order valence-electron chi connectivity index (χ1n) is 11.0. The molecule has 2 aromatic heterocycles. The first kappa shape index (κ1) is 18.0. The Morgan fingerprint density at radius 2 is 1.06 bits per heavy atom. The normalized spacial score (nSPS) is 12.1. The zero-order valence-corrected chi connectivity index (χ0v) is 17.7. The highest BCUT2D eigenvalue weighted by molar-refractivity contribution is 5.83. The molecule has 7 rings (SSSR count). The van der Waals surface area contributed by atoms with Gasteiger partial charge in [0.2, 0.25) is 11.9 Å². The molecule has 2 heterocycles. The number of nitrogens with zero attached hydrogens (tertiary/aromatic N) is 2. The van der Waals surface area contributed by atoms with Crippen molar-refractivity contribution in [3.8, 4) is 11.1 Å². The average molecular weight is 428 g/mol. The summed E-state index contributed by atoms with van der Waals surface area (Å²) in [5.41, 5.74) is 11.2. The van der Waals surface area contributed by atoms with Gasteiger partial charge in [0.25, 0.3) is 0 Å². The van der Waals surface area contributed by atoms with Gasteiger partial charge in [0, 0.05) is 11.4 Å². The molecule has 0 atom stereocenters. The van der Waals surface area contributed by atoms with Gasteiger partial charge in [0.1, 0.15) is 0 Å². The van der Waals surface area contributed by atoms with Crippen molar-refractivity contribution in [1.29, 1.82) is 0 Å². The van der Waals surface area contributed by atoms with Gasteiger partial charge in [-0.25, -0.2) is 9.97 Å². The molecule has 158 valence electrons. The molecule has 0 saturated carbocycles. The molecule has 0 radical (unpaired) electrons. The molecule has 0 saturated heterocycles. The highest BCUT2D eigenvalue weighted by Crippen LogP contribution is 2.39. The van der Waals surface area contributed by atoms with Crippen LogP contribution < -0.4 is 10.6 Å². The van der Waals surface area contributed by atoms with Crippen molar-refractivity contribution in [2.75, 3.05) is 10.6 Å². The van der Waals surface area contributed by atoms with Gasteiger partial charge in [-0.15, -0.1) is 0 Å². The summed E-state index contributed by atoms with van der Waals surface area (Å²) in [5, 5.41) is 6.83. The third-order valence-corrected chi connectivity index (χ3v) is 6.19. The standard InChI is InChI=1S/C27H20N6/c1-2-6-23-22(5-1)30-26(31-23)28-18-9-11-20-16(14-18)13-17-15-19(10-12-21(17)20)29-27-32-24-7-3-4-8-25(24)33-27/h1-12,14-15H,13H2,(H2,28,30,31)(H2,29,32,33). The molecule has 0 bridgehead atoms. The van der Waals surface area contributed by atoms with Crippen molar-refractivity contribution in [2.24, 2.45) is 0 Å². The van der Waals surface area contributed by atoms with Crippen LogP contribution >= 0.6 is 0 Å². The van der Waals surface area contributed by atoms with Crippen LogP contribution in [0.5, 0.6) is 0 Å². The smallest absolute Gasteiger partial charge is 0.205 e. The van der Waals surface area contributed by atoms with Crippen molar-refractivity contribution in [3.05, 3.63) is 96.1 Å². The third-order valence-electron chi connectivity index (χ3n) is 6.19. The second-order valence-electron chi connectivity index (χ2n) is 8.38. The van der Waals surface area contributed by atoms with Gasteiger partial charge in [-0.05, 0) is 77.2 Å². The molecule has 4 N–H and O–H groups in total. The second-order valence-corrected chi connectivity index (χ2v) is 8.38. The summed E-state index contributed by atoms with van der Waals surface area (Å²) < 4.78 is 0. The molecule has 0 fully saturated rings. The molecule has 1 aliphatic carbocycles. The van der Waals surface area contributed by atoms with Crippen molar-refractivity contribution in [3.63, 3.8) is 0 Å². The molecule has 6 aromatic rings. The van der Waals surface area contributed by atoms with Gasteiger partial charge in [-0.3, -0.25) is 0 Å². The number of rotatable bonds is 4. The number of aromatic nitrogens is 4. The van der Waals surface area contributed by atoms with Crippen molar-refractivity contribution < 1.29 is 0 Å². The number of hydrogen-bond acceptors (Lipinski definition) is 4. The Morgan fingerprint density at radius 1 is 0.576 bits per heavy atom. The predicted octanol–water partition coefficient (Wildman–Crippen LogP) is 6.50. The lowest BCUT2D eigenvalue weighted by Gasteiger charge is -2.07. The quantitative estimate of drug-likeness (QED) is 0.258. The molecule has 0 amide bonds. The molecule has 0 aliphatic heterocycles. The van der Waals surface area contributed by atoms with Gasteiger partial charge in [-0.1, -0.05) is 36.4 Å². The zero-order valence-electron chi connectivity index (χ0n) is 17.7. The van der Waals surface area contributed by atoms with Crippen LogP contribution in [0.3, 0.4) is 0 Å². The van der Waals surface area contributed by atoms with E-state index in [1.54, 1.807) is 0 Å².